The zero-order chi connectivity index (χ0) is 20.3. The molecule has 0 atom stereocenters. The minimum atomic E-state index is -3.03. The van der Waals surface area contributed by atoms with Crippen LogP contribution in [0.1, 0.15) is 5.69 Å². The van der Waals surface area contributed by atoms with Crippen LogP contribution < -0.4 is 10.6 Å². The maximum atomic E-state index is 14.1. The van der Waals surface area contributed by atoms with Gasteiger partial charge >= 0.3 is 5.69 Å². The summed E-state index contributed by atoms with van der Waals surface area (Å²) in [7, 11) is -3.03. The van der Waals surface area contributed by atoms with Crippen molar-refractivity contribution in [3.05, 3.63) is 101 Å². The third kappa shape index (κ3) is 3.70. The Morgan fingerprint density at radius 1 is 0.931 bits per heavy atom. The lowest BCUT2D eigenvalue weighted by molar-refractivity contribution is -0.384. The molecule has 8 nitrogen and oxygen atoms in total. The van der Waals surface area contributed by atoms with Crippen LogP contribution in [-0.4, -0.2) is 24.9 Å². The minimum absolute atomic E-state index is 0.0607. The normalized spacial score (nSPS) is 11.3. The molecule has 4 aromatic rings. The Hall–Kier alpha value is -3.64. The largest absolute Gasteiger partial charge is 0.313 e. The van der Waals surface area contributed by atoms with Gasteiger partial charge in [0.25, 0.3) is 0 Å². The van der Waals surface area contributed by atoms with Crippen molar-refractivity contribution in [3.63, 3.8) is 0 Å². The summed E-state index contributed by atoms with van der Waals surface area (Å²) < 4.78 is 15.3. The molecule has 0 spiro atoms. The molecule has 0 amide bonds. The average molecular weight is 405 g/mol. The first-order chi connectivity index (χ1) is 14.1. The molecule has 144 valence electrons. The van der Waals surface area contributed by atoms with Gasteiger partial charge in [-0.05, 0) is 6.07 Å². The van der Waals surface area contributed by atoms with E-state index in [0.29, 0.717) is 16.3 Å². The van der Waals surface area contributed by atoms with Crippen LogP contribution >= 0.6 is 7.14 Å². The van der Waals surface area contributed by atoms with Gasteiger partial charge in [0.15, 0.2) is 0 Å². The third-order valence-corrected chi connectivity index (χ3v) is 7.49. The van der Waals surface area contributed by atoms with Gasteiger partial charge in [-0.15, -0.1) is 5.10 Å². The first-order valence-electron chi connectivity index (χ1n) is 8.79. The molecule has 2 heterocycles. The zero-order valence-electron chi connectivity index (χ0n) is 15.2. The monoisotopic (exact) mass is 405 g/mol. The van der Waals surface area contributed by atoms with Crippen LogP contribution in [0.3, 0.4) is 0 Å². The van der Waals surface area contributed by atoms with E-state index in [0.717, 1.165) is 0 Å². The highest BCUT2D eigenvalue weighted by atomic mass is 31.2. The van der Waals surface area contributed by atoms with E-state index in [1.807, 2.05) is 60.7 Å². The number of hydrogen-bond donors (Lipinski definition) is 0. The Labute approximate surface area is 166 Å². The van der Waals surface area contributed by atoms with E-state index in [9.17, 15) is 14.7 Å². The second kappa shape index (κ2) is 7.77. The summed E-state index contributed by atoms with van der Waals surface area (Å²) in [6, 6.07) is 21.3. The van der Waals surface area contributed by atoms with Crippen molar-refractivity contribution in [2.75, 3.05) is 0 Å². The predicted octanol–water partition coefficient (Wildman–Crippen LogP) is 3.08. The van der Waals surface area contributed by atoms with Crippen LogP contribution in [0.5, 0.6) is 0 Å². The average Bonchev–Trinajstić information content (AvgIpc) is 3.23. The Kier molecular flexibility index (Phi) is 5.01. The van der Waals surface area contributed by atoms with Gasteiger partial charge in [-0.1, -0.05) is 65.9 Å². The van der Waals surface area contributed by atoms with Gasteiger partial charge in [0.05, 0.1) is 23.0 Å². The van der Waals surface area contributed by atoms with Crippen LogP contribution in [0.15, 0.2) is 85.2 Å². The van der Waals surface area contributed by atoms with Crippen LogP contribution in [0, 0.1) is 10.1 Å². The Bertz CT molecular complexity index is 1150. The smallest absolute Gasteiger partial charge is 0.313 e. The summed E-state index contributed by atoms with van der Waals surface area (Å²) in [5.74, 6) is 0.0607. The van der Waals surface area contributed by atoms with Gasteiger partial charge in [0.2, 0.25) is 5.82 Å². The molecule has 4 rings (SSSR count). The number of hydrogen-bond acceptors (Lipinski definition) is 6. The maximum absolute atomic E-state index is 14.1. The van der Waals surface area contributed by atoms with Gasteiger partial charge in [-0.2, -0.15) is 4.68 Å². The van der Waals surface area contributed by atoms with Gasteiger partial charge in [-0.3, -0.25) is 10.1 Å². The van der Waals surface area contributed by atoms with Crippen molar-refractivity contribution < 1.29 is 9.49 Å². The molecule has 0 aliphatic carbocycles. The van der Waals surface area contributed by atoms with Gasteiger partial charge < -0.3 is 4.57 Å². The van der Waals surface area contributed by atoms with E-state index in [4.69, 9.17) is 0 Å². The molecule has 0 aliphatic heterocycles. The van der Waals surface area contributed by atoms with Gasteiger partial charge in [0.1, 0.15) is 7.14 Å². The van der Waals surface area contributed by atoms with E-state index in [2.05, 4.69) is 15.3 Å². The van der Waals surface area contributed by atoms with E-state index >= 15 is 0 Å². The van der Waals surface area contributed by atoms with Crippen molar-refractivity contribution in [2.24, 2.45) is 0 Å². The van der Waals surface area contributed by atoms with Crippen molar-refractivity contribution in [3.8, 4) is 5.82 Å². The topological polar surface area (TPSA) is 104 Å². The number of benzene rings is 2. The highest BCUT2D eigenvalue weighted by molar-refractivity contribution is 7.78. The number of aromatic nitrogens is 4. The molecule has 0 aliphatic rings. The molecular weight excluding hydrogens is 389 g/mol. The second-order valence-electron chi connectivity index (χ2n) is 6.33. The summed E-state index contributed by atoms with van der Waals surface area (Å²) in [4.78, 5) is 14.8. The standard InChI is InChI=1S/C20H16N5O3P/c26-25(27)19-12-7-13-21-20(19)24-14-16(22-23-24)15-29(28,17-8-3-1-4-9-17)18-10-5-2-6-11-18/h1-14H,15H2. The molecule has 2 aromatic carbocycles. The first kappa shape index (κ1) is 18.7. The lowest BCUT2D eigenvalue weighted by Crippen LogP contribution is -2.17. The molecule has 2 aromatic heterocycles. The predicted molar refractivity (Wildman–Crippen MR) is 109 cm³/mol. The zero-order valence-corrected chi connectivity index (χ0v) is 16.1. The summed E-state index contributed by atoms with van der Waals surface area (Å²) >= 11 is 0. The van der Waals surface area contributed by atoms with Crippen molar-refractivity contribution >= 4 is 23.4 Å². The SMILES string of the molecule is O=[N+]([O-])c1cccnc1-n1cc(CP(=O)(c2ccccc2)c2ccccc2)nn1. The molecule has 9 heteroatoms. The number of nitro groups is 1. The fourth-order valence-corrected chi connectivity index (χ4v) is 5.65. The van der Waals surface area contributed by atoms with E-state index in [1.54, 1.807) is 0 Å². The molecule has 0 saturated carbocycles. The number of rotatable bonds is 6. The first-order valence-corrected chi connectivity index (χ1v) is 10.7. The quantitative estimate of drug-likeness (QED) is 0.277. The summed E-state index contributed by atoms with van der Waals surface area (Å²) in [6.45, 7) is 0. The summed E-state index contributed by atoms with van der Waals surface area (Å²) in [5.41, 5.74) is 0.277. The van der Waals surface area contributed by atoms with Gasteiger partial charge in [-0.25, -0.2) is 4.98 Å². The Morgan fingerprint density at radius 2 is 1.55 bits per heavy atom. The lowest BCUT2D eigenvalue weighted by atomic mass is 10.4. The Morgan fingerprint density at radius 3 is 2.14 bits per heavy atom. The van der Waals surface area contributed by atoms with E-state index in [-0.39, 0.29) is 17.7 Å². The fraction of sp³-hybridized carbons (Fsp3) is 0.0500. The van der Waals surface area contributed by atoms with E-state index < -0.39 is 12.1 Å². The lowest BCUT2D eigenvalue weighted by Gasteiger charge is -2.18. The molecule has 0 bridgehead atoms. The Balaban J connectivity index is 1.74. The molecule has 0 radical (unpaired) electrons. The van der Waals surface area contributed by atoms with Crippen molar-refractivity contribution in [1.29, 1.82) is 0 Å². The summed E-state index contributed by atoms with van der Waals surface area (Å²) in [6.07, 6.45) is 3.12. The van der Waals surface area contributed by atoms with Crippen LogP contribution in [-0.2, 0) is 10.7 Å². The van der Waals surface area contributed by atoms with Gasteiger partial charge in [0, 0.05) is 22.9 Å². The van der Waals surface area contributed by atoms with Crippen molar-refractivity contribution in [2.45, 2.75) is 6.16 Å². The molecule has 0 N–H and O–H groups in total. The highest BCUT2D eigenvalue weighted by Gasteiger charge is 2.29. The molecule has 0 fully saturated rings. The van der Waals surface area contributed by atoms with Crippen LogP contribution in [0.2, 0.25) is 0 Å². The minimum Gasteiger partial charge on any atom is -0.313 e. The molecule has 29 heavy (non-hydrogen) atoms. The summed E-state index contributed by atoms with van der Waals surface area (Å²) in [5, 5.41) is 20.8. The number of nitrogens with zero attached hydrogens (tertiary/aromatic N) is 5. The second-order valence-corrected chi connectivity index (χ2v) is 9.16. The third-order valence-electron chi connectivity index (χ3n) is 4.45. The van der Waals surface area contributed by atoms with Crippen molar-refractivity contribution in [1.82, 2.24) is 20.0 Å². The highest BCUT2D eigenvalue weighted by Crippen LogP contribution is 2.46. The van der Waals surface area contributed by atoms with Crippen LogP contribution in [0.4, 0.5) is 5.69 Å². The molecule has 0 unspecified atom stereocenters. The van der Waals surface area contributed by atoms with Crippen LogP contribution in [0.25, 0.3) is 5.82 Å². The number of pyridine rings is 1. The molecular formula is C20H16N5O3P. The van der Waals surface area contributed by atoms with E-state index in [1.165, 1.54) is 29.2 Å². The molecule has 0 saturated heterocycles. The maximum Gasteiger partial charge on any atom is 0.313 e. The fourth-order valence-electron chi connectivity index (χ4n) is 3.08.